The number of nitrogens with one attached hydrogen (secondary N) is 1. The standard InChI is InChI=1S/C15H14BrF2N/c1-9-4-3-5-14(15(9)16)19-10(2)11-6-7-12(17)13(18)8-11/h3-8,10,19H,1-2H3. The van der Waals surface area contributed by atoms with Gasteiger partial charge in [-0.25, -0.2) is 8.78 Å². The number of hydrogen-bond donors (Lipinski definition) is 1. The maximum Gasteiger partial charge on any atom is 0.159 e. The highest BCUT2D eigenvalue weighted by atomic mass is 79.9. The summed E-state index contributed by atoms with van der Waals surface area (Å²) in [5, 5.41) is 3.28. The van der Waals surface area contributed by atoms with Crippen molar-refractivity contribution in [3.8, 4) is 0 Å². The molecule has 4 heteroatoms. The molecule has 0 aliphatic carbocycles. The van der Waals surface area contributed by atoms with Crippen molar-refractivity contribution in [2.24, 2.45) is 0 Å². The first-order chi connectivity index (χ1) is 8.99. The van der Waals surface area contributed by atoms with Crippen LogP contribution < -0.4 is 5.32 Å². The largest absolute Gasteiger partial charge is 0.378 e. The van der Waals surface area contributed by atoms with Gasteiger partial charge in [0.05, 0.1) is 0 Å². The molecule has 0 fully saturated rings. The Balaban J connectivity index is 2.23. The van der Waals surface area contributed by atoms with Crippen molar-refractivity contribution in [1.29, 1.82) is 0 Å². The molecule has 0 saturated heterocycles. The molecule has 2 rings (SSSR count). The number of anilines is 1. The fourth-order valence-electron chi connectivity index (χ4n) is 1.86. The van der Waals surface area contributed by atoms with E-state index >= 15 is 0 Å². The molecule has 0 aliphatic heterocycles. The summed E-state index contributed by atoms with van der Waals surface area (Å²) >= 11 is 3.51. The van der Waals surface area contributed by atoms with Gasteiger partial charge < -0.3 is 5.32 Å². The van der Waals surface area contributed by atoms with Crippen molar-refractivity contribution in [3.05, 3.63) is 63.6 Å². The van der Waals surface area contributed by atoms with E-state index < -0.39 is 11.6 Å². The Hall–Kier alpha value is -1.42. The Morgan fingerprint density at radius 3 is 2.53 bits per heavy atom. The summed E-state index contributed by atoms with van der Waals surface area (Å²) < 4.78 is 27.1. The van der Waals surface area contributed by atoms with E-state index in [9.17, 15) is 8.78 Å². The molecule has 1 N–H and O–H groups in total. The second-order valence-electron chi connectivity index (χ2n) is 4.48. The van der Waals surface area contributed by atoms with Gasteiger partial charge in [0.2, 0.25) is 0 Å². The van der Waals surface area contributed by atoms with E-state index in [2.05, 4.69) is 21.2 Å². The smallest absolute Gasteiger partial charge is 0.159 e. The van der Waals surface area contributed by atoms with Gasteiger partial charge in [-0.1, -0.05) is 18.2 Å². The van der Waals surface area contributed by atoms with Crippen LogP contribution in [0.25, 0.3) is 0 Å². The minimum absolute atomic E-state index is 0.117. The lowest BCUT2D eigenvalue weighted by molar-refractivity contribution is 0.506. The first-order valence-electron chi connectivity index (χ1n) is 5.95. The van der Waals surface area contributed by atoms with Crippen LogP contribution in [0.15, 0.2) is 40.9 Å². The Morgan fingerprint density at radius 1 is 1.11 bits per heavy atom. The van der Waals surface area contributed by atoms with E-state index in [1.165, 1.54) is 6.07 Å². The van der Waals surface area contributed by atoms with Gasteiger partial charge in [-0.15, -0.1) is 0 Å². The van der Waals surface area contributed by atoms with Crippen LogP contribution >= 0.6 is 15.9 Å². The van der Waals surface area contributed by atoms with E-state index in [4.69, 9.17) is 0 Å². The highest BCUT2D eigenvalue weighted by Gasteiger charge is 2.11. The number of benzene rings is 2. The second kappa shape index (κ2) is 5.70. The van der Waals surface area contributed by atoms with Crippen LogP contribution in [0.1, 0.15) is 24.1 Å². The number of aryl methyl sites for hydroxylation is 1. The summed E-state index contributed by atoms with van der Waals surface area (Å²) in [6, 6.07) is 9.71. The molecule has 1 unspecified atom stereocenters. The summed E-state index contributed by atoms with van der Waals surface area (Å²) in [7, 11) is 0. The molecule has 0 aromatic heterocycles. The highest BCUT2D eigenvalue weighted by molar-refractivity contribution is 9.10. The van der Waals surface area contributed by atoms with Gasteiger partial charge in [-0.05, 0) is 59.1 Å². The SMILES string of the molecule is Cc1cccc(NC(C)c2ccc(F)c(F)c2)c1Br. The molecule has 0 spiro atoms. The first-order valence-corrected chi connectivity index (χ1v) is 6.75. The zero-order chi connectivity index (χ0) is 14.0. The average Bonchev–Trinajstić information content (AvgIpc) is 2.38. The fraction of sp³-hybridized carbons (Fsp3) is 0.200. The molecule has 0 radical (unpaired) electrons. The molecular formula is C15H14BrF2N. The van der Waals surface area contributed by atoms with Crippen LogP contribution in [-0.4, -0.2) is 0 Å². The van der Waals surface area contributed by atoms with Gasteiger partial charge in [0, 0.05) is 16.2 Å². The molecule has 1 nitrogen and oxygen atoms in total. The fourth-order valence-corrected chi connectivity index (χ4v) is 2.24. The normalized spacial score (nSPS) is 12.3. The van der Waals surface area contributed by atoms with Crippen molar-refractivity contribution < 1.29 is 8.78 Å². The van der Waals surface area contributed by atoms with Crippen molar-refractivity contribution >= 4 is 21.6 Å². The summed E-state index contributed by atoms with van der Waals surface area (Å²) in [6.07, 6.45) is 0. The van der Waals surface area contributed by atoms with Crippen LogP contribution in [0.2, 0.25) is 0 Å². The Bertz CT molecular complexity index is 599. The molecular weight excluding hydrogens is 312 g/mol. The van der Waals surface area contributed by atoms with Crippen LogP contribution in [0.5, 0.6) is 0 Å². The van der Waals surface area contributed by atoms with Crippen LogP contribution in [0, 0.1) is 18.6 Å². The van der Waals surface area contributed by atoms with Gasteiger partial charge in [0.25, 0.3) is 0 Å². The number of halogens is 3. The van der Waals surface area contributed by atoms with Crippen molar-refractivity contribution in [2.75, 3.05) is 5.32 Å². The summed E-state index contributed by atoms with van der Waals surface area (Å²) in [5.74, 6) is -1.65. The van der Waals surface area contributed by atoms with Crippen LogP contribution in [0.3, 0.4) is 0 Å². The first kappa shape index (κ1) is 14.0. The van der Waals surface area contributed by atoms with E-state index in [1.807, 2.05) is 32.0 Å². The second-order valence-corrected chi connectivity index (χ2v) is 5.27. The Labute approximate surface area is 119 Å². The third kappa shape index (κ3) is 3.13. The lowest BCUT2D eigenvalue weighted by atomic mass is 10.1. The average molecular weight is 326 g/mol. The summed E-state index contributed by atoms with van der Waals surface area (Å²) in [5.41, 5.74) is 2.74. The minimum Gasteiger partial charge on any atom is -0.378 e. The van der Waals surface area contributed by atoms with Gasteiger partial charge in [0.1, 0.15) is 0 Å². The monoisotopic (exact) mass is 325 g/mol. The van der Waals surface area contributed by atoms with Gasteiger partial charge in [-0.2, -0.15) is 0 Å². The molecule has 2 aromatic carbocycles. The third-order valence-electron chi connectivity index (χ3n) is 3.01. The van der Waals surface area contributed by atoms with Crippen molar-refractivity contribution in [1.82, 2.24) is 0 Å². The summed E-state index contributed by atoms with van der Waals surface area (Å²) in [6.45, 7) is 3.90. The molecule has 100 valence electrons. The van der Waals surface area contributed by atoms with Crippen LogP contribution in [0.4, 0.5) is 14.5 Å². The van der Waals surface area contributed by atoms with Crippen LogP contribution in [-0.2, 0) is 0 Å². The molecule has 0 amide bonds. The molecule has 0 saturated carbocycles. The van der Waals surface area contributed by atoms with E-state index in [-0.39, 0.29) is 6.04 Å². The van der Waals surface area contributed by atoms with E-state index in [1.54, 1.807) is 6.07 Å². The molecule has 0 heterocycles. The van der Waals surface area contributed by atoms with E-state index in [0.29, 0.717) is 5.56 Å². The molecule has 2 aromatic rings. The molecule has 0 bridgehead atoms. The Kier molecular flexibility index (Phi) is 4.20. The van der Waals surface area contributed by atoms with Gasteiger partial charge in [-0.3, -0.25) is 0 Å². The van der Waals surface area contributed by atoms with Gasteiger partial charge >= 0.3 is 0 Å². The lowest BCUT2D eigenvalue weighted by Crippen LogP contribution is -2.08. The number of rotatable bonds is 3. The molecule has 1 atom stereocenters. The maximum atomic E-state index is 13.2. The number of hydrogen-bond acceptors (Lipinski definition) is 1. The predicted octanol–water partition coefficient (Wildman–Crippen LogP) is 5.21. The topological polar surface area (TPSA) is 12.0 Å². The van der Waals surface area contributed by atoms with Crippen molar-refractivity contribution in [2.45, 2.75) is 19.9 Å². The lowest BCUT2D eigenvalue weighted by Gasteiger charge is -2.18. The molecule has 0 aliphatic rings. The zero-order valence-electron chi connectivity index (χ0n) is 10.7. The zero-order valence-corrected chi connectivity index (χ0v) is 12.3. The quantitative estimate of drug-likeness (QED) is 0.816. The predicted molar refractivity (Wildman–Crippen MR) is 77.3 cm³/mol. The maximum absolute atomic E-state index is 13.2. The van der Waals surface area contributed by atoms with Gasteiger partial charge in [0.15, 0.2) is 11.6 Å². The van der Waals surface area contributed by atoms with Crippen molar-refractivity contribution in [3.63, 3.8) is 0 Å². The Morgan fingerprint density at radius 2 is 1.84 bits per heavy atom. The highest BCUT2D eigenvalue weighted by Crippen LogP contribution is 2.29. The summed E-state index contributed by atoms with van der Waals surface area (Å²) in [4.78, 5) is 0. The third-order valence-corrected chi connectivity index (χ3v) is 4.06. The minimum atomic E-state index is -0.826. The molecule has 19 heavy (non-hydrogen) atoms. The van der Waals surface area contributed by atoms with E-state index in [0.717, 1.165) is 21.8 Å².